The highest BCUT2D eigenvalue weighted by atomic mass is 16.5. The summed E-state index contributed by atoms with van der Waals surface area (Å²) in [5.41, 5.74) is 2.03. The maximum absolute atomic E-state index is 12.4. The van der Waals surface area contributed by atoms with E-state index in [1.165, 1.54) is 0 Å². The van der Waals surface area contributed by atoms with E-state index < -0.39 is 0 Å². The molecule has 2 rings (SSSR count). The Labute approximate surface area is 113 Å². The lowest BCUT2D eigenvalue weighted by atomic mass is 10.1. The molecule has 0 atom stereocenters. The number of aromatic nitrogens is 2. The fourth-order valence-electron chi connectivity index (χ4n) is 1.95. The van der Waals surface area contributed by atoms with Crippen LogP contribution in [0.3, 0.4) is 0 Å². The third-order valence-electron chi connectivity index (χ3n) is 2.70. The van der Waals surface area contributed by atoms with Crippen molar-refractivity contribution in [1.82, 2.24) is 9.78 Å². The van der Waals surface area contributed by atoms with Crippen molar-refractivity contribution in [2.24, 2.45) is 7.05 Å². The van der Waals surface area contributed by atoms with Gasteiger partial charge in [-0.3, -0.25) is 9.48 Å². The normalized spacial score (nSPS) is 10.8. The van der Waals surface area contributed by atoms with E-state index in [2.05, 4.69) is 5.10 Å². The highest BCUT2D eigenvalue weighted by molar-refractivity contribution is 6.08. The molecule has 0 saturated carbocycles. The van der Waals surface area contributed by atoms with Crippen LogP contribution in [0.1, 0.15) is 35.6 Å². The lowest BCUT2D eigenvalue weighted by Crippen LogP contribution is -2.09. The van der Waals surface area contributed by atoms with E-state index >= 15 is 0 Å². The van der Waals surface area contributed by atoms with E-state index in [-0.39, 0.29) is 11.9 Å². The molecule has 4 heteroatoms. The third kappa shape index (κ3) is 3.02. The summed E-state index contributed by atoms with van der Waals surface area (Å²) in [5, 5.41) is 4.19. The molecule has 1 aromatic carbocycles. The molecule has 1 aromatic heterocycles. The largest absolute Gasteiger partial charge is 0.491 e. The average Bonchev–Trinajstić information content (AvgIpc) is 2.67. The first-order valence-electron chi connectivity index (χ1n) is 6.29. The standard InChI is InChI=1S/C15H18N2O2/c1-10(2)19-13-7-5-6-12(9-13)15(18)14-8-11(3)16-17(14)4/h5-10H,1-4H3. The number of ketones is 1. The summed E-state index contributed by atoms with van der Waals surface area (Å²) in [7, 11) is 1.77. The molecule has 0 spiro atoms. The molecule has 0 bridgehead atoms. The zero-order chi connectivity index (χ0) is 14.0. The second kappa shape index (κ2) is 5.26. The van der Waals surface area contributed by atoms with Crippen LogP contribution >= 0.6 is 0 Å². The van der Waals surface area contributed by atoms with Gasteiger partial charge in [0.2, 0.25) is 5.78 Å². The van der Waals surface area contributed by atoms with E-state index in [9.17, 15) is 4.79 Å². The van der Waals surface area contributed by atoms with E-state index in [1.54, 1.807) is 29.9 Å². The van der Waals surface area contributed by atoms with Crippen molar-refractivity contribution >= 4 is 5.78 Å². The quantitative estimate of drug-likeness (QED) is 0.792. The fourth-order valence-corrected chi connectivity index (χ4v) is 1.95. The molecule has 0 unspecified atom stereocenters. The predicted molar refractivity (Wildman–Crippen MR) is 73.6 cm³/mol. The lowest BCUT2D eigenvalue weighted by molar-refractivity contribution is 0.102. The number of aryl methyl sites for hydroxylation is 2. The second-order valence-corrected chi connectivity index (χ2v) is 4.82. The van der Waals surface area contributed by atoms with Gasteiger partial charge in [0.05, 0.1) is 11.8 Å². The number of hydrogen-bond donors (Lipinski definition) is 0. The first-order chi connectivity index (χ1) is 8.97. The maximum Gasteiger partial charge on any atom is 0.211 e. The summed E-state index contributed by atoms with van der Waals surface area (Å²) >= 11 is 0. The van der Waals surface area contributed by atoms with Crippen LogP contribution < -0.4 is 4.74 Å². The van der Waals surface area contributed by atoms with Gasteiger partial charge in [0.15, 0.2) is 0 Å². The molecule has 0 amide bonds. The Hall–Kier alpha value is -2.10. The minimum Gasteiger partial charge on any atom is -0.491 e. The van der Waals surface area contributed by atoms with Gasteiger partial charge in [0.25, 0.3) is 0 Å². The Balaban J connectivity index is 2.31. The molecular weight excluding hydrogens is 240 g/mol. The van der Waals surface area contributed by atoms with Gasteiger partial charge in [-0.1, -0.05) is 12.1 Å². The highest BCUT2D eigenvalue weighted by Crippen LogP contribution is 2.18. The summed E-state index contributed by atoms with van der Waals surface area (Å²) in [4.78, 5) is 12.4. The maximum atomic E-state index is 12.4. The Morgan fingerprint density at radius 1 is 1.32 bits per heavy atom. The molecule has 0 aliphatic carbocycles. The van der Waals surface area contributed by atoms with Crippen molar-refractivity contribution in [3.05, 3.63) is 47.3 Å². The molecule has 100 valence electrons. The average molecular weight is 258 g/mol. The first-order valence-corrected chi connectivity index (χ1v) is 6.29. The van der Waals surface area contributed by atoms with Crippen molar-refractivity contribution in [1.29, 1.82) is 0 Å². The minimum absolute atomic E-state index is 0.0442. The molecule has 0 aliphatic heterocycles. The van der Waals surface area contributed by atoms with Crippen LogP contribution in [-0.4, -0.2) is 21.7 Å². The van der Waals surface area contributed by atoms with Gasteiger partial charge in [-0.05, 0) is 39.0 Å². The van der Waals surface area contributed by atoms with Crippen molar-refractivity contribution in [3.8, 4) is 5.75 Å². The van der Waals surface area contributed by atoms with Gasteiger partial charge in [-0.25, -0.2) is 0 Å². The van der Waals surface area contributed by atoms with Gasteiger partial charge in [-0.2, -0.15) is 5.10 Å². The molecule has 19 heavy (non-hydrogen) atoms. The zero-order valence-electron chi connectivity index (χ0n) is 11.7. The van der Waals surface area contributed by atoms with Crippen molar-refractivity contribution in [2.75, 3.05) is 0 Å². The summed E-state index contributed by atoms with van der Waals surface area (Å²) in [6.07, 6.45) is 0.0873. The second-order valence-electron chi connectivity index (χ2n) is 4.82. The van der Waals surface area contributed by atoms with Crippen LogP contribution in [0.2, 0.25) is 0 Å². The SMILES string of the molecule is Cc1cc(C(=O)c2cccc(OC(C)C)c2)n(C)n1. The van der Waals surface area contributed by atoms with Gasteiger partial charge in [0, 0.05) is 12.6 Å². The summed E-state index contributed by atoms with van der Waals surface area (Å²) in [6, 6.07) is 9.03. The van der Waals surface area contributed by atoms with E-state index in [0.29, 0.717) is 17.0 Å². The molecule has 2 aromatic rings. The van der Waals surface area contributed by atoms with E-state index in [0.717, 1.165) is 5.69 Å². The topological polar surface area (TPSA) is 44.1 Å². The highest BCUT2D eigenvalue weighted by Gasteiger charge is 2.14. The van der Waals surface area contributed by atoms with Crippen LogP contribution in [0.25, 0.3) is 0 Å². The van der Waals surface area contributed by atoms with Gasteiger partial charge < -0.3 is 4.74 Å². The number of nitrogens with zero attached hydrogens (tertiary/aromatic N) is 2. The molecule has 0 radical (unpaired) electrons. The molecule has 4 nitrogen and oxygen atoms in total. The van der Waals surface area contributed by atoms with Gasteiger partial charge in [-0.15, -0.1) is 0 Å². The van der Waals surface area contributed by atoms with Crippen LogP contribution in [0.4, 0.5) is 0 Å². The molecular formula is C15H18N2O2. The fraction of sp³-hybridized carbons (Fsp3) is 0.333. The number of carbonyl (C=O) groups excluding carboxylic acids is 1. The monoisotopic (exact) mass is 258 g/mol. The third-order valence-corrected chi connectivity index (χ3v) is 2.70. The first kappa shape index (κ1) is 13.3. The Bertz CT molecular complexity index is 600. The predicted octanol–water partition coefficient (Wildman–Crippen LogP) is 2.75. The van der Waals surface area contributed by atoms with E-state index in [1.807, 2.05) is 32.9 Å². The molecule has 0 saturated heterocycles. The number of rotatable bonds is 4. The zero-order valence-corrected chi connectivity index (χ0v) is 11.7. The van der Waals surface area contributed by atoms with E-state index in [4.69, 9.17) is 4.74 Å². The van der Waals surface area contributed by atoms with Crippen LogP contribution in [0, 0.1) is 6.92 Å². The smallest absolute Gasteiger partial charge is 0.211 e. The number of hydrogen-bond acceptors (Lipinski definition) is 3. The summed E-state index contributed by atoms with van der Waals surface area (Å²) in [5.74, 6) is 0.664. The lowest BCUT2D eigenvalue weighted by Gasteiger charge is -2.10. The number of benzene rings is 1. The van der Waals surface area contributed by atoms with Crippen LogP contribution in [0.15, 0.2) is 30.3 Å². The van der Waals surface area contributed by atoms with Crippen LogP contribution in [-0.2, 0) is 7.05 Å². The van der Waals surface area contributed by atoms with Crippen LogP contribution in [0.5, 0.6) is 5.75 Å². The molecule has 0 aliphatic rings. The molecule has 1 heterocycles. The minimum atomic E-state index is -0.0442. The van der Waals surface area contributed by atoms with Crippen molar-refractivity contribution in [3.63, 3.8) is 0 Å². The van der Waals surface area contributed by atoms with Crippen molar-refractivity contribution in [2.45, 2.75) is 26.9 Å². The Morgan fingerprint density at radius 3 is 2.63 bits per heavy atom. The van der Waals surface area contributed by atoms with Gasteiger partial charge in [0.1, 0.15) is 11.4 Å². The summed E-state index contributed by atoms with van der Waals surface area (Å²) in [6.45, 7) is 5.78. The number of ether oxygens (including phenoxy) is 1. The summed E-state index contributed by atoms with van der Waals surface area (Å²) < 4.78 is 7.21. The molecule has 0 fully saturated rings. The van der Waals surface area contributed by atoms with Crippen molar-refractivity contribution < 1.29 is 9.53 Å². The Kier molecular flexibility index (Phi) is 3.69. The number of carbonyl (C=O) groups is 1. The Morgan fingerprint density at radius 2 is 2.05 bits per heavy atom. The molecule has 0 N–H and O–H groups in total. The van der Waals surface area contributed by atoms with Gasteiger partial charge >= 0.3 is 0 Å².